The molecule has 0 saturated carbocycles. The Hall–Kier alpha value is -0.803. The summed E-state index contributed by atoms with van der Waals surface area (Å²) < 4.78 is 4.80. The number of hydrogen-bond acceptors (Lipinski definition) is 2. The molecule has 0 atom stereocenters. The minimum absolute atomic E-state index is 0.518. The fourth-order valence-electron chi connectivity index (χ4n) is 1.12. The van der Waals surface area contributed by atoms with Crippen LogP contribution < -0.4 is 9.92 Å². The first-order chi connectivity index (χ1) is 6.39. The van der Waals surface area contributed by atoms with Crippen LogP contribution in [0.1, 0.15) is 0 Å². The van der Waals surface area contributed by atoms with Gasteiger partial charge in [0.1, 0.15) is 5.75 Å². The van der Waals surface area contributed by atoms with Gasteiger partial charge in [-0.15, -0.1) is 0 Å². The predicted octanol–water partition coefficient (Wildman–Crippen LogP) is 2.97. The highest BCUT2D eigenvalue weighted by atomic mass is 35.5. The molecule has 1 rings (SSSR count). The van der Waals surface area contributed by atoms with Crippen molar-refractivity contribution in [1.29, 1.82) is 0 Å². The molecule has 14 heavy (non-hydrogen) atoms. The van der Waals surface area contributed by atoms with E-state index in [1.165, 1.54) is 5.19 Å². The molecule has 76 valence electrons. The topological polar surface area (TPSA) is 26.3 Å². The van der Waals surface area contributed by atoms with Crippen molar-refractivity contribution >= 4 is 30.3 Å². The number of ether oxygens (including phenoxy) is 1. The van der Waals surface area contributed by atoms with Gasteiger partial charge in [0.2, 0.25) is 0 Å². The Kier molecular flexibility index (Phi) is 3.34. The predicted molar refractivity (Wildman–Crippen MR) is 61.3 cm³/mol. The summed E-state index contributed by atoms with van der Waals surface area (Å²) in [6, 6.07) is 7.54. The summed E-state index contributed by atoms with van der Waals surface area (Å²) in [5.74, 6) is 0.518. The van der Waals surface area contributed by atoms with Gasteiger partial charge in [-0.05, 0) is 12.1 Å². The number of carbonyl (C=O) groups excluding carboxylic acids is 1. The Morgan fingerprint density at radius 1 is 1.36 bits per heavy atom. The van der Waals surface area contributed by atoms with Gasteiger partial charge in [0.25, 0.3) is 0 Å². The molecule has 0 fully saturated rings. The molecule has 0 bridgehead atoms. The van der Waals surface area contributed by atoms with E-state index < -0.39 is 13.5 Å². The highest BCUT2D eigenvalue weighted by Crippen LogP contribution is 2.12. The zero-order valence-corrected chi connectivity index (χ0v) is 10.3. The van der Waals surface area contributed by atoms with Crippen molar-refractivity contribution in [2.45, 2.75) is 19.6 Å². The fraction of sp³-hybridized carbons (Fsp3) is 0.300. The lowest BCUT2D eigenvalue weighted by Crippen LogP contribution is -2.37. The van der Waals surface area contributed by atoms with E-state index in [0.29, 0.717) is 5.75 Å². The summed E-state index contributed by atoms with van der Waals surface area (Å²) in [5, 5.41) is 1.24. The molecule has 0 spiro atoms. The van der Waals surface area contributed by atoms with Gasteiger partial charge in [-0.25, -0.2) is 4.79 Å². The summed E-state index contributed by atoms with van der Waals surface area (Å²) in [4.78, 5) is 10.5. The van der Waals surface area contributed by atoms with Crippen LogP contribution in [0.4, 0.5) is 4.79 Å². The summed E-state index contributed by atoms with van der Waals surface area (Å²) in [6.45, 7) is 6.69. The van der Waals surface area contributed by atoms with Crippen LogP contribution in [-0.2, 0) is 0 Å². The summed E-state index contributed by atoms with van der Waals surface area (Å²) in [7, 11) is -1.35. The Bertz CT molecular complexity index is 344. The normalized spacial score (nSPS) is 11.1. The highest BCUT2D eigenvalue weighted by molar-refractivity contribution is 6.88. The van der Waals surface area contributed by atoms with Crippen LogP contribution in [0.5, 0.6) is 5.75 Å². The first-order valence-corrected chi connectivity index (χ1v) is 8.25. The van der Waals surface area contributed by atoms with Crippen LogP contribution >= 0.6 is 11.6 Å². The first-order valence-electron chi connectivity index (χ1n) is 4.37. The van der Waals surface area contributed by atoms with Gasteiger partial charge in [0.05, 0.1) is 8.07 Å². The van der Waals surface area contributed by atoms with E-state index in [4.69, 9.17) is 16.3 Å². The molecule has 0 aliphatic rings. The zero-order valence-electron chi connectivity index (χ0n) is 8.50. The molecule has 0 unspecified atom stereocenters. The fourth-order valence-corrected chi connectivity index (χ4v) is 2.38. The maximum atomic E-state index is 10.5. The van der Waals surface area contributed by atoms with E-state index in [1.54, 1.807) is 6.07 Å². The van der Waals surface area contributed by atoms with Gasteiger partial charge >= 0.3 is 5.43 Å². The first kappa shape index (κ1) is 11.3. The lowest BCUT2D eigenvalue weighted by molar-refractivity contribution is 0.225. The smallest absolute Gasteiger partial charge is 0.409 e. The zero-order chi connectivity index (χ0) is 10.8. The van der Waals surface area contributed by atoms with E-state index in [-0.39, 0.29) is 0 Å². The Balaban J connectivity index is 2.95. The molecule has 4 heteroatoms. The molecule has 0 aliphatic carbocycles. The Morgan fingerprint density at radius 2 is 2.00 bits per heavy atom. The van der Waals surface area contributed by atoms with Crippen molar-refractivity contribution in [3.05, 3.63) is 24.3 Å². The molecule has 0 aromatic heterocycles. The van der Waals surface area contributed by atoms with E-state index in [2.05, 4.69) is 25.7 Å². The van der Waals surface area contributed by atoms with Gasteiger partial charge < -0.3 is 4.74 Å². The van der Waals surface area contributed by atoms with Gasteiger partial charge in [-0.1, -0.05) is 37.0 Å². The van der Waals surface area contributed by atoms with Crippen LogP contribution in [0.2, 0.25) is 19.6 Å². The van der Waals surface area contributed by atoms with Crippen molar-refractivity contribution in [3.8, 4) is 5.75 Å². The maximum Gasteiger partial charge on any atom is 0.409 e. The van der Waals surface area contributed by atoms with Crippen LogP contribution in [0, 0.1) is 0 Å². The number of benzene rings is 1. The summed E-state index contributed by atoms with van der Waals surface area (Å²) in [5.41, 5.74) is -0.794. The lowest BCUT2D eigenvalue weighted by atomic mass is 10.3. The second kappa shape index (κ2) is 4.15. The lowest BCUT2D eigenvalue weighted by Gasteiger charge is -2.16. The van der Waals surface area contributed by atoms with Gasteiger partial charge in [0.15, 0.2) is 0 Å². The second-order valence-corrected chi connectivity index (χ2v) is 9.50. The van der Waals surface area contributed by atoms with Crippen molar-refractivity contribution in [3.63, 3.8) is 0 Å². The molecule has 1 aromatic rings. The largest absolute Gasteiger partial charge is 0.415 e. The summed E-state index contributed by atoms with van der Waals surface area (Å²) in [6.07, 6.45) is 0. The SMILES string of the molecule is C[Si](C)(C)c1cccc(OC(=O)Cl)c1. The third kappa shape index (κ3) is 3.16. The van der Waals surface area contributed by atoms with Crippen LogP contribution in [0.25, 0.3) is 0 Å². The van der Waals surface area contributed by atoms with E-state index in [1.807, 2.05) is 12.1 Å². The van der Waals surface area contributed by atoms with Crippen LogP contribution in [0.3, 0.4) is 0 Å². The van der Waals surface area contributed by atoms with Crippen molar-refractivity contribution in [2.75, 3.05) is 0 Å². The molecule has 0 amide bonds. The molecule has 1 aromatic carbocycles. The van der Waals surface area contributed by atoms with Crippen molar-refractivity contribution in [2.24, 2.45) is 0 Å². The van der Waals surface area contributed by atoms with Gasteiger partial charge in [0, 0.05) is 11.6 Å². The minimum atomic E-state index is -1.35. The second-order valence-electron chi connectivity index (χ2n) is 4.12. The molecule has 0 saturated heterocycles. The third-order valence-corrected chi connectivity index (χ3v) is 4.02. The average Bonchev–Trinajstić information content (AvgIpc) is 2.01. The van der Waals surface area contributed by atoms with E-state index >= 15 is 0 Å². The van der Waals surface area contributed by atoms with Crippen molar-refractivity contribution < 1.29 is 9.53 Å². The molecular formula is C10H13ClO2Si. The number of carbonyl (C=O) groups is 1. The molecular weight excluding hydrogens is 216 g/mol. The quantitative estimate of drug-likeness (QED) is 0.575. The van der Waals surface area contributed by atoms with E-state index in [0.717, 1.165) is 0 Å². The minimum Gasteiger partial charge on any atom is -0.415 e. The molecule has 0 aliphatic heterocycles. The number of rotatable bonds is 2. The Labute approximate surface area is 89.9 Å². The van der Waals surface area contributed by atoms with Gasteiger partial charge in [-0.3, -0.25) is 0 Å². The highest BCUT2D eigenvalue weighted by Gasteiger charge is 2.16. The van der Waals surface area contributed by atoms with Crippen LogP contribution in [-0.4, -0.2) is 13.5 Å². The molecule has 0 N–H and O–H groups in total. The number of halogens is 1. The monoisotopic (exact) mass is 228 g/mol. The van der Waals surface area contributed by atoms with E-state index in [9.17, 15) is 4.79 Å². The van der Waals surface area contributed by atoms with Crippen molar-refractivity contribution in [1.82, 2.24) is 0 Å². The Morgan fingerprint density at radius 3 is 2.50 bits per heavy atom. The number of hydrogen-bond donors (Lipinski definition) is 0. The molecule has 0 radical (unpaired) electrons. The maximum absolute atomic E-state index is 10.5. The van der Waals surface area contributed by atoms with Gasteiger partial charge in [-0.2, -0.15) is 0 Å². The third-order valence-electron chi connectivity index (χ3n) is 1.90. The molecule has 0 heterocycles. The standard InChI is InChI=1S/C10H13ClO2Si/c1-14(2,3)9-6-4-5-8(7-9)13-10(11)12/h4-7H,1-3H3. The molecule has 2 nitrogen and oxygen atoms in total. The average molecular weight is 229 g/mol. The van der Waals surface area contributed by atoms with Crippen LogP contribution in [0.15, 0.2) is 24.3 Å². The summed E-state index contributed by atoms with van der Waals surface area (Å²) >= 11 is 5.13.